The predicted octanol–water partition coefficient (Wildman–Crippen LogP) is 5.01. The summed E-state index contributed by atoms with van der Waals surface area (Å²) in [5.74, 6) is -0.443. The first-order chi connectivity index (χ1) is 14.2. The number of rotatable bonds is 3. The molecule has 2 heterocycles. The van der Waals surface area contributed by atoms with Crippen molar-refractivity contribution in [3.8, 4) is 11.1 Å². The molecule has 0 bridgehead atoms. The summed E-state index contributed by atoms with van der Waals surface area (Å²) in [7, 11) is 0. The lowest BCUT2D eigenvalue weighted by Gasteiger charge is -2.09. The normalized spacial score (nSPS) is 11.3. The molecule has 142 valence electrons. The van der Waals surface area contributed by atoms with E-state index in [-0.39, 0.29) is 12.2 Å². The van der Waals surface area contributed by atoms with Gasteiger partial charge in [-0.1, -0.05) is 48.5 Å². The smallest absolute Gasteiger partial charge is 0.340 e. The lowest BCUT2D eigenvalue weighted by Crippen LogP contribution is -2.08. The van der Waals surface area contributed by atoms with Crippen LogP contribution in [0, 0.1) is 0 Å². The van der Waals surface area contributed by atoms with E-state index >= 15 is 0 Å². The second kappa shape index (κ2) is 6.63. The maximum absolute atomic E-state index is 12.5. The summed E-state index contributed by atoms with van der Waals surface area (Å²) in [6.07, 6.45) is 1.54. The Morgan fingerprint density at radius 3 is 2.69 bits per heavy atom. The highest BCUT2D eigenvalue weighted by Gasteiger charge is 2.18. The van der Waals surface area contributed by atoms with E-state index < -0.39 is 5.97 Å². The number of ether oxygens (including phenoxy) is 1. The van der Waals surface area contributed by atoms with E-state index in [1.54, 1.807) is 13.1 Å². The Hall–Kier alpha value is -3.86. The Balaban J connectivity index is 1.83. The van der Waals surface area contributed by atoms with Gasteiger partial charge in [0.25, 0.3) is 5.56 Å². The standard InChI is InChI=1S/C24H18N2O3/c1-2-29-24(28)19-13-25-22-21(19)18-12-15(10-11-20(18)26-23(22)27)17-9-5-7-14-6-3-4-8-16(14)17/h3-13,25H,2H2,1H3,(H,26,27). The number of hydrogen-bond donors (Lipinski definition) is 2. The van der Waals surface area contributed by atoms with Crippen LogP contribution in [0.1, 0.15) is 17.3 Å². The molecular weight excluding hydrogens is 364 g/mol. The first-order valence-electron chi connectivity index (χ1n) is 9.49. The average molecular weight is 382 g/mol. The number of H-pyrrole nitrogens is 2. The van der Waals surface area contributed by atoms with Crippen LogP contribution in [0.2, 0.25) is 0 Å². The number of pyridine rings is 1. The van der Waals surface area contributed by atoms with Gasteiger partial charge in [-0.05, 0) is 41.0 Å². The van der Waals surface area contributed by atoms with Crippen LogP contribution in [-0.2, 0) is 4.74 Å². The molecule has 0 spiro atoms. The Labute approximate surface area is 165 Å². The van der Waals surface area contributed by atoms with E-state index in [0.29, 0.717) is 22.0 Å². The van der Waals surface area contributed by atoms with Gasteiger partial charge in [-0.2, -0.15) is 0 Å². The van der Waals surface area contributed by atoms with Crippen molar-refractivity contribution in [2.24, 2.45) is 0 Å². The van der Waals surface area contributed by atoms with Crippen LogP contribution in [-0.4, -0.2) is 22.5 Å². The van der Waals surface area contributed by atoms with E-state index in [2.05, 4.69) is 34.2 Å². The molecule has 0 atom stereocenters. The van der Waals surface area contributed by atoms with Gasteiger partial charge in [0.2, 0.25) is 0 Å². The Bertz CT molecular complexity index is 1450. The van der Waals surface area contributed by atoms with Crippen LogP contribution in [0.25, 0.3) is 43.7 Å². The third-order valence-electron chi connectivity index (χ3n) is 5.24. The number of benzene rings is 3. The summed E-state index contributed by atoms with van der Waals surface area (Å²) in [6, 6.07) is 20.3. The van der Waals surface area contributed by atoms with Crippen molar-refractivity contribution in [1.82, 2.24) is 9.97 Å². The van der Waals surface area contributed by atoms with Crippen molar-refractivity contribution in [3.05, 3.63) is 82.8 Å². The molecule has 3 aromatic carbocycles. The number of carbonyl (C=O) groups is 1. The first-order valence-corrected chi connectivity index (χ1v) is 9.49. The maximum Gasteiger partial charge on any atom is 0.340 e. The van der Waals surface area contributed by atoms with E-state index in [4.69, 9.17) is 4.74 Å². The topological polar surface area (TPSA) is 75.0 Å². The number of carbonyl (C=O) groups excluding carboxylic acids is 1. The van der Waals surface area contributed by atoms with E-state index in [1.807, 2.05) is 36.4 Å². The van der Waals surface area contributed by atoms with Gasteiger partial charge in [0, 0.05) is 22.5 Å². The fraction of sp³-hybridized carbons (Fsp3) is 0.0833. The average Bonchev–Trinajstić information content (AvgIpc) is 3.20. The van der Waals surface area contributed by atoms with Crippen molar-refractivity contribution in [1.29, 1.82) is 0 Å². The highest BCUT2D eigenvalue weighted by Crippen LogP contribution is 2.33. The second-order valence-electron chi connectivity index (χ2n) is 6.91. The molecule has 0 saturated carbocycles. The molecule has 0 aliphatic heterocycles. The van der Waals surface area contributed by atoms with E-state index in [1.165, 1.54) is 0 Å². The second-order valence-corrected chi connectivity index (χ2v) is 6.91. The summed E-state index contributed by atoms with van der Waals surface area (Å²) in [6.45, 7) is 2.03. The molecule has 0 saturated heterocycles. The molecule has 5 aromatic rings. The molecule has 2 N–H and O–H groups in total. The highest BCUT2D eigenvalue weighted by molar-refractivity contribution is 6.16. The van der Waals surface area contributed by atoms with Crippen LogP contribution >= 0.6 is 0 Å². The van der Waals surface area contributed by atoms with Gasteiger partial charge in [-0.25, -0.2) is 4.79 Å². The molecule has 5 heteroatoms. The lowest BCUT2D eigenvalue weighted by molar-refractivity contribution is 0.0529. The third kappa shape index (κ3) is 2.70. The minimum atomic E-state index is -0.443. The maximum atomic E-state index is 12.5. The van der Waals surface area contributed by atoms with Crippen LogP contribution in [0.5, 0.6) is 0 Å². The van der Waals surface area contributed by atoms with Gasteiger partial charge in [0.1, 0.15) is 5.52 Å². The summed E-state index contributed by atoms with van der Waals surface area (Å²) >= 11 is 0. The number of aromatic amines is 2. The largest absolute Gasteiger partial charge is 0.462 e. The predicted molar refractivity (Wildman–Crippen MR) is 115 cm³/mol. The summed E-state index contributed by atoms with van der Waals surface area (Å²) in [4.78, 5) is 30.8. The minimum Gasteiger partial charge on any atom is -0.462 e. The zero-order valence-electron chi connectivity index (χ0n) is 15.8. The highest BCUT2D eigenvalue weighted by atomic mass is 16.5. The van der Waals surface area contributed by atoms with Crippen LogP contribution in [0.3, 0.4) is 0 Å². The first kappa shape index (κ1) is 17.3. The van der Waals surface area contributed by atoms with Crippen LogP contribution in [0.15, 0.2) is 71.7 Å². The fourth-order valence-electron chi connectivity index (χ4n) is 3.94. The molecule has 0 radical (unpaired) electrons. The van der Waals surface area contributed by atoms with Crippen molar-refractivity contribution in [3.63, 3.8) is 0 Å². The molecule has 2 aromatic heterocycles. The lowest BCUT2D eigenvalue weighted by atomic mass is 9.96. The zero-order valence-corrected chi connectivity index (χ0v) is 15.8. The van der Waals surface area contributed by atoms with Crippen molar-refractivity contribution < 1.29 is 9.53 Å². The van der Waals surface area contributed by atoms with Crippen LogP contribution in [0.4, 0.5) is 0 Å². The van der Waals surface area contributed by atoms with Gasteiger partial charge in [0.15, 0.2) is 0 Å². The van der Waals surface area contributed by atoms with Crippen molar-refractivity contribution in [2.75, 3.05) is 6.61 Å². The van der Waals surface area contributed by atoms with Gasteiger partial charge >= 0.3 is 5.97 Å². The Kier molecular flexibility index (Phi) is 3.95. The molecule has 5 nitrogen and oxygen atoms in total. The molecule has 0 amide bonds. The third-order valence-corrected chi connectivity index (χ3v) is 5.24. The SMILES string of the molecule is CCOC(=O)c1c[nH]c2c(=O)[nH]c3ccc(-c4cccc5ccccc45)cc3c12. The van der Waals surface area contributed by atoms with Gasteiger partial charge in [-0.15, -0.1) is 0 Å². The monoisotopic (exact) mass is 382 g/mol. The van der Waals surface area contributed by atoms with E-state index in [9.17, 15) is 9.59 Å². The molecule has 29 heavy (non-hydrogen) atoms. The Morgan fingerprint density at radius 1 is 1.00 bits per heavy atom. The molecule has 0 fully saturated rings. The summed E-state index contributed by atoms with van der Waals surface area (Å²) in [5.41, 5.74) is 3.26. The molecule has 0 aliphatic carbocycles. The molecule has 5 rings (SSSR count). The fourth-order valence-corrected chi connectivity index (χ4v) is 3.94. The van der Waals surface area contributed by atoms with Gasteiger partial charge in [0.05, 0.1) is 12.2 Å². The number of hydrogen-bond acceptors (Lipinski definition) is 3. The molecule has 0 unspecified atom stereocenters. The number of nitrogens with one attached hydrogen (secondary N) is 2. The van der Waals surface area contributed by atoms with Gasteiger partial charge in [-0.3, -0.25) is 4.79 Å². The van der Waals surface area contributed by atoms with Crippen molar-refractivity contribution in [2.45, 2.75) is 6.92 Å². The van der Waals surface area contributed by atoms with Gasteiger partial charge < -0.3 is 14.7 Å². The van der Waals surface area contributed by atoms with Crippen molar-refractivity contribution >= 4 is 38.5 Å². The molecule has 0 aliphatic rings. The zero-order chi connectivity index (χ0) is 20.0. The minimum absolute atomic E-state index is 0.263. The number of aromatic nitrogens is 2. The van der Waals surface area contributed by atoms with Crippen LogP contribution < -0.4 is 5.56 Å². The summed E-state index contributed by atoms with van der Waals surface area (Å²) < 4.78 is 5.18. The van der Waals surface area contributed by atoms with E-state index in [0.717, 1.165) is 27.3 Å². The number of esters is 1. The number of fused-ring (bicyclic) bond motifs is 4. The molecular formula is C24H18N2O3. The quantitative estimate of drug-likeness (QED) is 0.431. The Morgan fingerprint density at radius 2 is 1.83 bits per heavy atom. The summed E-state index contributed by atoms with van der Waals surface area (Å²) in [5, 5.41) is 3.69.